The zero-order chi connectivity index (χ0) is 18.4. The summed E-state index contributed by atoms with van der Waals surface area (Å²) in [5, 5.41) is 0. The molecule has 0 aliphatic rings. The Kier molecular flexibility index (Phi) is 6.46. The molecule has 0 saturated carbocycles. The highest BCUT2D eigenvalue weighted by Gasteiger charge is 2.25. The predicted molar refractivity (Wildman–Crippen MR) is 104 cm³/mol. The van der Waals surface area contributed by atoms with Crippen molar-refractivity contribution in [3.63, 3.8) is 0 Å². The lowest BCUT2D eigenvalue weighted by atomic mass is 9.91. The van der Waals surface area contributed by atoms with E-state index < -0.39 is 0 Å². The number of rotatable bonds is 7. The highest BCUT2D eigenvalue weighted by molar-refractivity contribution is 5.77. The number of amides is 1. The summed E-state index contributed by atoms with van der Waals surface area (Å²) < 4.78 is 2.25. The van der Waals surface area contributed by atoms with Gasteiger partial charge in [0.05, 0.1) is 6.54 Å². The topological polar surface area (TPSA) is 25.2 Å². The van der Waals surface area contributed by atoms with E-state index in [0.29, 0.717) is 13.0 Å². The van der Waals surface area contributed by atoms with Crippen LogP contribution in [0.4, 0.5) is 0 Å². The molecule has 3 heteroatoms. The average Bonchev–Trinajstić information content (AvgIpc) is 2.98. The molecule has 136 valence electrons. The molecule has 3 nitrogen and oxygen atoms in total. The number of hydrogen-bond donors (Lipinski definition) is 0. The molecule has 0 fully saturated rings. The molecule has 25 heavy (non-hydrogen) atoms. The Morgan fingerprint density at radius 2 is 1.80 bits per heavy atom. The summed E-state index contributed by atoms with van der Waals surface area (Å²) in [4.78, 5) is 14.9. The van der Waals surface area contributed by atoms with Gasteiger partial charge in [0.2, 0.25) is 5.91 Å². The first kappa shape index (κ1) is 19.3. The van der Waals surface area contributed by atoms with Gasteiger partial charge in [-0.15, -0.1) is 0 Å². The third kappa shape index (κ3) is 5.77. The molecule has 0 aliphatic carbocycles. The van der Waals surface area contributed by atoms with Gasteiger partial charge in [-0.3, -0.25) is 4.79 Å². The second kappa shape index (κ2) is 8.37. The van der Waals surface area contributed by atoms with Crippen LogP contribution in [-0.2, 0) is 17.9 Å². The highest BCUT2D eigenvalue weighted by Crippen LogP contribution is 2.23. The molecule has 0 bridgehead atoms. The van der Waals surface area contributed by atoms with Crippen LogP contribution < -0.4 is 0 Å². The van der Waals surface area contributed by atoms with Gasteiger partial charge in [0.15, 0.2) is 0 Å². The minimum absolute atomic E-state index is 0.00876. The van der Waals surface area contributed by atoms with Crippen LogP contribution in [0.3, 0.4) is 0 Å². The number of aromatic nitrogens is 1. The van der Waals surface area contributed by atoms with E-state index in [1.807, 2.05) is 11.0 Å². The molecule has 0 aliphatic heterocycles. The Bertz CT molecular complexity index is 667. The second-order valence-electron chi connectivity index (χ2n) is 8.13. The molecule has 1 aromatic heterocycles. The Hall–Kier alpha value is -2.03. The van der Waals surface area contributed by atoms with Crippen LogP contribution in [-0.4, -0.2) is 21.4 Å². The summed E-state index contributed by atoms with van der Waals surface area (Å²) in [5.41, 5.74) is 2.47. The van der Waals surface area contributed by atoms with Crippen molar-refractivity contribution < 1.29 is 4.79 Å². The maximum Gasteiger partial charge on any atom is 0.223 e. The van der Waals surface area contributed by atoms with Crippen LogP contribution in [0.25, 0.3) is 0 Å². The fraction of sp³-hybridized carbons (Fsp3) is 0.500. The molecular weight excluding hydrogens is 308 g/mol. The fourth-order valence-corrected chi connectivity index (χ4v) is 2.97. The van der Waals surface area contributed by atoms with Crippen molar-refractivity contribution in [2.24, 2.45) is 5.41 Å². The van der Waals surface area contributed by atoms with Gasteiger partial charge in [-0.25, -0.2) is 0 Å². The number of nitrogens with zero attached hydrogens (tertiary/aromatic N) is 2. The highest BCUT2D eigenvalue weighted by atomic mass is 16.2. The zero-order valence-corrected chi connectivity index (χ0v) is 16.3. The van der Waals surface area contributed by atoms with E-state index in [-0.39, 0.29) is 17.4 Å². The van der Waals surface area contributed by atoms with Crippen LogP contribution >= 0.6 is 0 Å². The largest absolute Gasteiger partial charge is 0.345 e. The molecule has 1 unspecified atom stereocenters. The molecule has 1 heterocycles. The van der Waals surface area contributed by atoms with Gasteiger partial charge in [0.25, 0.3) is 0 Å². The van der Waals surface area contributed by atoms with Gasteiger partial charge in [0.1, 0.15) is 0 Å². The Morgan fingerprint density at radius 1 is 1.12 bits per heavy atom. The van der Waals surface area contributed by atoms with E-state index in [9.17, 15) is 4.79 Å². The monoisotopic (exact) mass is 340 g/mol. The van der Waals surface area contributed by atoms with Gasteiger partial charge < -0.3 is 9.47 Å². The average molecular weight is 341 g/mol. The lowest BCUT2D eigenvalue weighted by molar-refractivity contribution is -0.136. The Balaban J connectivity index is 2.16. The molecule has 0 radical (unpaired) electrons. The van der Waals surface area contributed by atoms with E-state index in [1.54, 1.807) is 0 Å². The summed E-state index contributed by atoms with van der Waals surface area (Å²) in [6.45, 7) is 12.2. The smallest absolute Gasteiger partial charge is 0.223 e. The molecule has 1 atom stereocenters. The summed E-state index contributed by atoms with van der Waals surface area (Å²) in [5.74, 6) is 0.245. The molecule has 0 N–H and O–H groups in total. The first-order valence-electron chi connectivity index (χ1n) is 9.27. The summed E-state index contributed by atoms with van der Waals surface area (Å²) in [6.07, 6.45) is 3.65. The summed E-state index contributed by atoms with van der Waals surface area (Å²) in [7, 11) is 0. The minimum Gasteiger partial charge on any atom is -0.345 e. The third-order valence-corrected chi connectivity index (χ3v) is 4.58. The Morgan fingerprint density at radius 3 is 2.40 bits per heavy atom. The van der Waals surface area contributed by atoms with E-state index in [1.165, 1.54) is 11.3 Å². The van der Waals surface area contributed by atoms with E-state index >= 15 is 0 Å². The zero-order valence-electron chi connectivity index (χ0n) is 16.3. The quantitative estimate of drug-likeness (QED) is 0.688. The van der Waals surface area contributed by atoms with Crippen LogP contribution in [0.1, 0.15) is 58.7 Å². The SMILES string of the molecule is CCC(C)N(Cc1cccn1Cc1ccccc1)C(=O)CC(C)(C)C. The number of carbonyl (C=O) groups is 1. The van der Waals surface area contributed by atoms with Crippen molar-refractivity contribution in [1.82, 2.24) is 9.47 Å². The number of hydrogen-bond acceptors (Lipinski definition) is 1. The van der Waals surface area contributed by atoms with Crippen molar-refractivity contribution in [2.45, 2.75) is 66.6 Å². The van der Waals surface area contributed by atoms with E-state index in [0.717, 1.165) is 13.0 Å². The van der Waals surface area contributed by atoms with Gasteiger partial charge in [-0.05, 0) is 36.5 Å². The van der Waals surface area contributed by atoms with Gasteiger partial charge in [-0.1, -0.05) is 58.0 Å². The number of benzene rings is 1. The maximum atomic E-state index is 12.9. The van der Waals surface area contributed by atoms with E-state index in [4.69, 9.17) is 0 Å². The van der Waals surface area contributed by atoms with Crippen molar-refractivity contribution in [3.05, 3.63) is 59.9 Å². The third-order valence-electron chi connectivity index (χ3n) is 4.58. The van der Waals surface area contributed by atoms with Crippen LogP contribution in [0.5, 0.6) is 0 Å². The second-order valence-corrected chi connectivity index (χ2v) is 8.13. The normalized spacial score (nSPS) is 12.8. The minimum atomic E-state index is 0.00876. The lowest BCUT2D eigenvalue weighted by Gasteiger charge is -2.31. The fourth-order valence-electron chi connectivity index (χ4n) is 2.97. The summed E-state index contributed by atoms with van der Waals surface area (Å²) >= 11 is 0. The van der Waals surface area contributed by atoms with Crippen LogP contribution in [0, 0.1) is 5.41 Å². The molecule has 2 aromatic rings. The molecule has 1 aromatic carbocycles. The van der Waals surface area contributed by atoms with Crippen molar-refractivity contribution in [3.8, 4) is 0 Å². The van der Waals surface area contributed by atoms with Gasteiger partial charge >= 0.3 is 0 Å². The lowest BCUT2D eigenvalue weighted by Crippen LogP contribution is -2.39. The number of carbonyl (C=O) groups excluding carboxylic acids is 1. The molecule has 1 amide bonds. The maximum absolute atomic E-state index is 12.9. The molecule has 2 rings (SSSR count). The first-order chi connectivity index (χ1) is 11.8. The van der Waals surface area contributed by atoms with Gasteiger partial charge in [-0.2, -0.15) is 0 Å². The molecular formula is C22H32N2O. The van der Waals surface area contributed by atoms with Crippen LogP contribution in [0.15, 0.2) is 48.7 Å². The van der Waals surface area contributed by atoms with Crippen molar-refractivity contribution >= 4 is 5.91 Å². The predicted octanol–water partition coefficient (Wildman–Crippen LogP) is 5.10. The Labute approximate surface area is 152 Å². The molecule has 0 spiro atoms. The van der Waals surface area contributed by atoms with Crippen molar-refractivity contribution in [1.29, 1.82) is 0 Å². The van der Waals surface area contributed by atoms with Crippen LogP contribution in [0.2, 0.25) is 0 Å². The first-order valence-corrected chi connectivity index (χ1v) is 9.27. The van der Waals surface area contributed by atoms with Crippen molar-refractivity contribution in [2.75, 3.05) is 0 Å². The summed E-state index contributed by atoms with van der Waals surface area (Å²) in [6, 6.07) is 14.9. The molecule has 0 saturated heterocycles. The van der Waals surface area contributed by atoms with E-state index in [2.05, 4.69) is 81.8 Å². The van der Waals surface area contributed by atoms with Gasteiger partial charge in [0, 0.05) is 30.9 Å². The standard InChI is InChI=1S/C22H32N2O/c1-6-18(2)24(21(25)15-22(3,4)5)17-20-13-10-14-23(20)16-19-11-8-7-9-12-19/h7-14,18H,6,15-17H2,1-5H3.